The van der Waals surface area contributed by atoms with Crippen molar-refractivity contribution in [3.05, 3.63) is 42.0 Å². The van der Waals surface area contributed by atoms with E-state index in [4.69, 9.17) is 9.05 Å². The molecule has 0 amide bonds. The van der Waals surface area contributed by atoms with E-state index in [0.29, 0.717) is 19.4 Å². The van der Waals surface area contributed by atoms with Crippen LogP contribution in [0.25, 0.3) is 6.08 Å². The van der Waals surface area contributed by atoms with Crippen LogP contribution in [0.3, 0.4) is 0 Å². The third-order valence-corrected chi connectivity index (χ3v) is 5.48. The van der Waals surface area contributed by atoms with Gasteiger partial charge in [-0.05, 0) is 38.7 Å². The molecule has 1 aromatic carbocycles. The van der Waals surface area contributed by atoms with Gasteiger partial charge < -0.3 is 9.05 Å². The summed E-state index contributed by atoms with van der Waals surface area (Å²) in [6.45, 7) is 4.60. The maximum atomic E-state index is 12.2. The number of rotatable bonds is 12. The van der Waals surface area contributed by atoms with E-state index in [0.717, 1.165) is 32.1 Å². The van der Waals surface area contributed by atoms with E-state index >= 15 is 0 Å². The lowest BCUT2D eigenvalue weighted by Gasteiger charge is -2.16. The van der Waals surface area contributed by atoms with Crippen LogP contribution in [0.15, 0.2) is 36.4 Å². The average molecular weight is 324 g/mol. The lowest BCUT2D eigenvalue weighted by molar-refractivity contribution is 0.219. The molecule has 1 rings (SSSR count). The van der Waals surface area contributed by atoms with E-state index in [-0.39, 0.29) is 0 Å². The zero-order valence-corrected chi connectivity index (χ0v) is 14.8. The first-order valence-corrected chi connectivity index (χ1v) is 10.0. The molecule has 0 saturated carbocycles. The molecule has 0 aliphatic heterocycles. The van der Waals surface area contributed by atoms with Crippen molar-refractivity contribution < 1.29 is 13.6 Å². The minimum atomic E-state index is -2.83. The predicted molar refractivity (Wildman–Crippen MR) is 94.3 cm³/mol. The number of allylic oxidation sites excluding steroid dienone is 1. The standard InChI is InChI=1S/C18H29O3P/c1-3-20-22(19,21-4-2)17-13-8-6-5-7-10-14-18-15-11-9-12-16-18/h9-12,14-16H,3-8,13,17H2,1-2H3. The molecule has 22 heavy (non-hydrogen) atoms. The molecule has 0 spiro atoms. The highest BCUT2D eigenvalue weighted by molar-refractivity contribution is 7.53. The Hall–Kier alpha value is -0.890. The topological polar surface area (TPSA) is 35.5 Å². The van der Waals surface area contributed by atoms with Gasteiger partial charge in [-0.2, -0.15) is 0 Å². The van der Waals surface area contributed by atoms with Gasteiger partial charge in [-0.15, -0.1) is 0 Å². The molecule has 0 bridgehead atoms. The molecule has 0 aliphatic carbocycles. The first-order valence-electron chi connectivity index (χ1n) is 8.30. The predicted octanol–water partition coefficient (Wildman–Crippen LogP) is 5.92. The molecule has 0 atom stereocenters. The number of hydrogen-bond donors (Lipinski definition) is 0. The molecule has 0 saturated heterocycles. The Morgan fingerprint density at radius 3 is 2.23 bits per heavy atom. The van der Waals surface area contributed by atoms with E-state index in [1.807, 2.05) is 19.9 Å². The normalized spacial score (nSPS) is 12.1. The molecule has 0 radical (unpaired) electrons. The Labute approximate surface area is 135 Å². The molecule has 0 aliphatic rings. The molecule has 0 unspecified atom stereocenters. The summed E-state index contributed by atoms with van der Waals surface area (Å²) in [6, 6.07) is 10.3. The SMILES string of the molecule is CCOP(=O)(CCCCCCC=Cc1ccccc1)OCC. The van der Waals surface area contributed by atoms with Crippen molar-refractivity contribution in [2.75, 3.05) is 19.4 Å². The summed E-state index contributed by atoms with van der Waals surface area (Å²) in [6.07, 6.45) is 10.3. The van der Waals surface area contributed by atoms with Crippen LogP contribution < -0.4 is 0 Å². The second-order valence-electron chi connectivity index (χ2n) is 5.19. The quantitative estimate of drug-likeness (QED) is 0.354. The maximum absolute atomic E-state index is 12.2. The Bertz CT molecular complexity index is 447. The Morgan fingerprint density at radius 1 is 0.955 bits per heavy atom. The lowest BCUT2D eigenvalue weighted by atomic mass is 10.1. The van der Waals surface area contributed by atoms with Crippen molar-refractivity contribution in [1.82, 2.24) is 0 Å². The van der Waals surface area contributed by atoms with Gasteiger partial charge >= 0.3 is 7.60 Å². The van der Waals surface area contributed by atoms with Gasteiger partial charge in [0.2, 0.25) is 0 Å². The highest BCUT2D eigenvalue weighted by Crippen LogP contribution is 2.48. The maximum Gasteiger partial charge on any atom is 0.330 e. The molecule has 1 aromatic rings. The average Bonchev–Trinajstić information content (AvgIpc) is 2.51. The van der Waals surface area contributed by atoms with Gasteiger partial charge in [0, 0.05) is 0 Å². The van der Waals surface area contributed by atoms with Crippen LogP contribution in [0.4, 0.5) is 0 Å². The van der Waals surface area contributed by atoms with Crippen LogP contribution in [0.1, 0.15) is 51.5 Å². The van der Waals surface area contributed by atoms with E-state index in [2.05, 4.69) is 36.4 Å². The molecule has 0 aromatic heterocycles. The van der Waals surface area contributed by atoms with Crippen LogP contribution in [-0.2, 0) is 13.6 Å². The molecule has 4 heteroatoms. The van der Waals surface area contributed by atoms with Gasteiger partial charge in [-0.25, -0.2) is 0 Å². The largest absolute Gasteiger partial charge is 0.330 e. The van der Waals surface area contributed by atoms with Crippen molar-refractivity contribution in [3.63, 3.8) is 0 Å². The van der Waals surface area contributed by atoms with Gasteiger partial charge in [-0.3, -0.25) is 4.57 Å². The number of hydrogen-bond acceptors (Lipinski definition) is 3. The van der Waals surface area contributed by atoms with Gasteiger partial charge in [0.1, 0.15) is 0 Å². The number of benzene rings is 1. The fourth-order valence-electron chi connectivity index (χ4n) is 2.26. The second-order valence-corrected chi connectivity index (χ2v) is 7.37. The van der Waals surface area contributed by atoms with E-state index in [1.165, 1.54) is 5.56 Å². The van der Waals surface area contributed by atoms with E-state index < -0.39 is 7.60 Å². The first kappa shape index (κ1) is 19.2. The monoisotopic (exact) mass is 324 g/mol. The third-order valence-electron chi connectivity index (χ3n) is 3.31. The van der Waals surface area contributed by atoms with Crippen LogP contribution in [0.5, 0.6) is 0 Å². The minimum absolute atomic E-state index is 0.446. The zero-order chi connectivity index (χ0) is 16.1. The minimum Gasteiger partial charge on any atom is -0.309 e. The Balaban J connectivity index is 2.10. The summed E-state index contributed by atoms with van der Waals surface area (Å²) in [7, 11) is -2.83. The summed E-state index contributed by atoms with van der Waals surface area (Å²) < 4.78 is 22.8. The van der Waals surface area contributed by atoms with Gasteiger partial charge in [-0.1, -0.05) is 55.3 Å². The van der Waals surface area contributed by atoms with Crippen molar-refractivity contribution in [2.24, 2.45) is 0 Å². The summed E-state index contributed by atoms with van der Waals surface area (Å²) in [5.41, 5.74) is 1.25. The molecular formula is C18H29O3P. The molecule has 3 nitrogen and oxygen atoms in total. The number of unbranched alkanes of at least 4 members (excludes halogenated alkanes) is 4. The summed E-state index contributed by atoms with van der Waals surface area (Å²) in [5.74, 6) is 0. The van der Waals surface area contributed by atoms with Crippen LogP contribution >= 0.6 is 7.60 Å². The highest BCUT2D eigenvalue weighted by Gasteiger charge is 2.22. The second kappa shape index (κ2) is 11.6. The zero-order valence-electron chi connectivity index (χ0n) is 13.9. The van der Waals surface area contributed by atoms with Gasteiger partial charge in [0.25, 0.3) is 0 Å². The van der Waals surface area contributed by atoms with Crippen molar-refractivity contribution >= 4 is 13.7 Å². The summed E-state index contributed by atoms with van der Waals surface area (Å²) in [4.78, 5) is 0. The van der Waals surface area contributed by atoms with Crippen LogP contribution in [-0.4, -0.2) is 19.4 Å². The lowest BCUT2D eigenvalue weighted by Crippen LogP contribution is -2.00. The molecule has 0 heterocycles. The summed E-state index contributed by atoms with van der Waals surface area (Å²) in [5, 5.41) is 0. The van der Waals surface area contributed by atoms with Crippen LogP contribution in [0.2, 0.25) is 0 Å². The van der Waals surface area contributed by atoms with Crippen molar-refractivity contribution in [2.45, 2.75) is 46.0 Å². The fraction of sp³-hybridized carbons (Fsp3) is 0.556. The Morgan fingerprint density at radius 2 is 1.59 bits per heavy atom. The fourth-order valence-corrected chi connectivity index (χ4v) is 3.99. The van der Waals surface area contributed by atoms with Crippen molar-refractivity contribution in [3.8, 4) is 0 Å². The van der Waals surface area contributed by atoms with Gasteiger partial charge in [0.05, 0.1) is 19.4 Å². The van der Waals surface area contributed by atoms with Crippen LogP contribution in [0, 0.1) is 0 Å². The van der Waals surface area contributed by atoms with Crippen molar-refractivity contribution in [1.29, 1.82) is 0 Å². The highest BCUT2D eigenvalue weighted by atomic mass is 31.2. The molecular weight excluding hydrogens is 295 g/mol. The van der Waals surface area contributed by atoms with E-state index in [9.17, 15) is 4.57 Å². The smallest absolute Gasteiger partial charge is 0.309 e. The Kier molecular flexibility index (Phi) is 10.1. The van der Waals surface area contributed by atoms with Gasteiger partial charge in [0.15, 0.2) is 0 Å². The molecule has 0 fully saturated rings. The summed E-state index contributed by atoms with van der Waals surface area (Å²) >= 11 is 0. The first-order chi connectivity index (χ1) is 10.7. The van der Waals surface area contributed by atoms with E-state index in [1.54, 1.807) is 0 Å². The third kappa shape index (κ3) is 8.53. The molecule has 0 N–H and O–H groups in total. The molecule has 124 valence electrons.